The van der Waals surface area contributed by atoms with Gasteiger partial charge in [0.15, 0.2) is 0 Å². The number of ether oxygens (including phenoxy) is 1. The van der Waals surface area contributed by atoms with E-state index in [0.29, 0.717) is 32.7 Å². The normalized spacial score (nSPS) is 21.9. The van der Waals surface area contributed by atoms with Crippen molar-refractivity contribution < 1.29 is 14.3 Å². The van der Waals surface area contributed by atoms with Crippen LogP contribution in [0.25, 0.3) is 0 Å². The number of amides is 3. The Labute approximate surface area is 189 Å². The summed E-state index contributed by atoms with van der Waals surface area (Å²) in [5.41, 5.74) is 3.61. The maximum absolute atomic E-state index is 13.0. The molecule has 32 heavy (non-hydrogen) atoms. The second kappa shape index (κ2) is 8.94. The monoisotopic (exact) mass is 433 g/mol. The number of carbonyl (C=O) groups excluding carboxylic acids is 2. The number of para-hydroxylation sites is 1. The standard InChI is InChI=1S/C26H31N3O3/c30-24(28-14-16-32-17-15-28)18-20-19-26(23-9-5-4-8-22(20)23)10-12-29(13-11-26)25(31)27-21-6-2-1-3-7-21/h1-9,20H,10-19H2,(H,27,31). The van der Waals surface area contributed by atoms with Gasteiger partial charge in [0, 0.05) is 38.3 Å². The number of urea groups is 1. The van der Waals surface area contributed by atoms with Crippen molar-refractivity contribution in [2.75, 3.05) is 44.7 Å². The largest absolute Gasteiger partial charge is 0.378 e. The molecule has 1 spiro atoms. The van der Waals surface area contributed by atoms with Gasteiger partial charge in [0.25, 0.3) is 0 Å². The van der Waals surface area contributed by atoms with Crippen molar-refractivity contribution in [1.29, 1.82) is 0 Å². The first-order valence-electron chi connectivity index (χ1n) is 11.7. The molecule has 2 aromatic rings. The summed E-state index contributed by atoms with van der Waals surface area (Å²) < 4.78 is 5.40. The first-order valence-corrected chi connectivity index (χ1v) is 11.7. The van der Waals surface area contributed by atoms with Crippen LogP contribution in [0.1, 0.15) is 42.7 Å². The first-order chi connectivity index (χ1) is 15.6. The molecular formula is C26H31N3O3. The van der Waals surface area contributed by atoms with Gasteiger partial charge < -0.3 is 19.9 Å². The van der Waals surface area contributed by atoms with Crippen LogP contribution in [0.4, 0.5) is 10.5 Å². The predicted molar refractivity (Wildman–Crippen MR) is 124 cm³/mol. The molecule has 168 valence electrons. The van der Waals surface area contributed by atoms with Gasteiger partial charge in [0.1, 0.15) is 0 Å². The molecule has 6 nitrogen and oxygen atoms in total. The van der Waals surface area contributed by atoms with E-state index in [4.69, 9.17) is 4.74 Å². The van der Waals surface area contributed by atoms with E-state index >= 15 is 0 Å². The number of nitrogens with one attached hydrogen (secondary N) is 1. The van der Waals surface area contributed by atoms with Crippen molar-refractivity contribution in [2.45, 2.75) is 37.0 Å². The summed E-state index contributed by atoms with van der Waals surface area (Å²) in [6.07, 6.45) is 3.44. The molecule has 1 atom stereocenters. The van der Waals surface area contributed by atoms with E-state index in [2.05, 4.69) is 29.6 Å². The van der Waals surface area contributed by atoms with Gasteiger partial charge in [-0.05, 0) is 53.9 Å². The van der Waals surface area contributed by atoms with Crippen LogP contribution in [0.15, 0.2) is 54.6 Å². The van der Waals surface area contributed by atoms with Crippen molar-refractivity contribution in [3.8, 4) is 0 Å². The van der Waals surface area contributed by atoms with Gasteiger partial charge in [0.05, 0.1) is 13.2 Å². The second-order valence-electron chi connectivity index (χ2n) is 9.25. The third kappa shape index (κ3) is 4.11. The molecule has 0 saturated carbocycles. The molecule has 2 saturated heterocycles. The quantitative estimate of drug-likeness (QED) is 0.796. The van der Waals surface area contributed by atoms with Gasteiger partial charge in [-0.2, -0.15) is 0 Å². The second-order valence-corrected chi connectivity index (χ2v) is 9.25. The van der Waals surface area contributed by atoms with Gasteiger partial charge in [0.2, 0.25) is 5.91 Å². The maximum atomic E-state index is 13.0. The molecule has 2 fully saturated rings. The van der Waals surface area contributed by atoms with E-state index in [1.165, 1.54) is 11.1 Å². The first kappa shape index (κ1) is 21.0. The number of hydrogen-bond donors (Lipinski definition) is 1. The predicted octanol–water partition coefficient (Wildman–Crippen LogP) is 3.99. The van der Waals surface area contributed by atoms with E-state index in [1.807, 2.05) is 40.1 Å². The van der Waals surface area contributed by atoms with Gasteiger partial charge in [-0.15, -0.1) is 0 Å². The number of rotatable bonds is 3. The average molecular weight is 434 g/mol. The lowest BCUT2D eigenvalue weighted by Gasteiger charge is -2.40. The van der Waals surface area contributed by atoms with E-state index in [1.54, 1.807) is 0 Å². The Morgan fingerprint density at radius 1 is 0.906 bits per heavy atom. The van der Waals surface area contributed by atoms with E-state index in [-0.39, 0.29) is 23.3 Å². The van der Waals surface area contributed by atoms with Gasteiger partial charge in [-0.3, -0.25) is 4.79 Å². The Bertz CT molecular complexity index is 963. The lowest BCUT2D eigenvalue weighted by atomic mass is 9.73. The summed E-state index contributed by atoms with van der Waals surface area (Å²) in [6, 6.07) is 18.2. The summed E-state index contributed by atoms with van der Waals surface area (Å²) in [4.78, 5) is 29.6. The highest BCUT2D eigenvalue weighted by Crippen LogP contribution is 2.52. The van der Waals surface area contributed by atoms with E-state index < -0.39 is 0 Å². The number of piperidine rings is 1. The topological polar surface area (TPSA) is 61.9 Å². The number of carbonyl (C=O) groups is 2. The van der Waals surface area contributed by atoms with Crippen LogP contribution < -0.4 is 5.32 Å². The summed E-state index contributed by atoms with van der Waals surface area (Å²) >= 11 is 0. The molecule has 1 N–H and O–H groups in total. The highest BCUT2D eigenvalue weighted by atomic mass is 16.5. The van der Waals surface area contributed by atoms with Crippen molar-refractivity contribution in [3.05, 3.63) is 65.7 Å². The van der Waals surface area contributed by atoms with Crippen LogP contribution >= 0.6 is 0 Å². The molecule has 2 heterocycles. The Hall–Kier alpha value is -2.86. The van der Waals surface area contributed by atoms with Gasteiger partial charge >= 0.3 is 6.03 Å². The highest BCUT2D eigenvalue weighted by molar-refractivity contribution is 5.89. The molecule has 2 aromatic carbocycles. The summed E-state index contributed by atoms with van der Waals surface area (Å²) in [5, 5.41) is 3.01. The number of likely N-dealkylation sites (tertiary alicyclic amines) is 1. The summed E-state index contributed by atoms with van der Waals surface area (Å²) in [6.45, 7) is 4.14. The fourth-order valence-corrected chi connectivity index (χ4v) is 5.70. The van der Waals surface area contributed by atoms with E-state index in [0.717, 1.165) is 38.0 Å². The molecule has 3 aliphatic rings. The van der Waals surface area contributed by atoms with Crippen molar-refractivity contribution >= 4 is 17.6 Å². The molecule has 2 aliphatic heterocycles. The Morgan fingerprint density at radius 2 is 1.59 bits per heavy atom. The van der Waals surface area contributed by atoms with Crippen molar-refractivity contribution in [3.63, 3.8) is 0 Å². The number of anilines is 1. The fourth-order valence-electron chi connectivity index (χ4n) is 5.70. The zero-order valence-electron chi connectivity index (χ0n) is 18.5. The zero-order chi connectivity index (χ0) is 22.0. The van der Waals surface area contributed by atoms with Crippen molar-refractivity contribution in [2.24, 2.45) is 0 Å². The average Bonchev–Trinajstić information content (AvgIpc) is 3.13. The van der Waals surface area contributed by atoms with Crippen LogP contribution in [0, 0.1) is 0 Å². The fraction of sp³-hybridized carbons (Fsp3) is 0.462. The molecule has 0 bridgehead atoms. The molecule has 0 aromatic heterocycles. The summed E-state index contributed by atoms with van der Waals surface area (Å²) in [7, 11) is 0. The Morgan fingerprint density at radius 3 is 2.34 bits per heavy atom. The number of hydrogen-bond acceptors (Lipinski definition) is 3. The molecule has 5 rings (SSSR count). The number of benzene rings is 2. The number of fused-ring (bicyclic) bond motifs is 2. The minimum atomic E-state index is -0.0311. The molecule has 6 heteroatoms. The SMILES string of the molecule is O=C(CC1CC2(CCN(C(=O)Nc3ccccc3)CC2)c2ccccc21)N1CCOCC1. The number of morpholine rings is 1. The Balaban J connectivity index is 1.26. The minimum absolute atomic E-state index is 0.0311. The summed E-state index contributed by atoms with van der Waals surface area (Å²) in [5.74, 6) is 0.496. The maximum Gasteiger partial charge on any atom is 0.321 e. The van der Waals surface area contributed by atoms with Crippen LogP contribution in [-0.4, -0.2) is 61.1 Å². The molecule has 1 unspecified atom stereocenters. The highest BCUT2D eigenvalue weighted by Gasteiger charge is 2.46. The van der Waals surface area contributed by atoms with Crippen LogP contribution in [0.5, 0.6) is 0 Å². The molecular weight excluding hydrogens is 402 g/mol. The minimum Gasteiger partial charge on any atom is -0.378 e. The molecule has 1 aliphatic carbocycles. The lowest BCUT2D eigenvalue weighted by Crippen LogP contribution is -2.46. The van der Waals surface area contributed by atoms with Crippen LogP contribution in [-0.2, 0) is 14.9 Å². The molecule has 3 amide bonds. The van der Waals surface area contributed by atoms with Gasteiger partial charge in [-0.25, -0.2) is 4.79 Å². The van der Waals surface area contributed by atoms with Crippen LogP contribution in [0.2, 0.25) is 0 Å². The van der Waals surface area contributed by atoms with Crippen molar-refractivity contribution in [1.82, 2.24) is 9.80 Å². The lowest BCUT2D eigenvalue weighted by molar-refractivity contribution is -0.135. The Kier molecular flexibility index (Phi) is 5.87. The third-order valence-electron chi connectivity index (χ3n) is 7.43. The molecule has 0 radical (unpaired) electrons. The van der Waals surface area contributed by atoms with Gasteiger partial charge in [-0.1, -0.05) is 42.5 Å². The van der Waals surface area contributed by atoms with E-state index in [9.17, 15) is 9.59 Å². The smallest absolute Gasteiger partial charge is 0.321 e. The third-order valence-corrected chi connectivity index (χ3v) is 7.43. The zero-order valence-corrected chi connectivity index (χ0v) is 18.5. The van der Waals surface area contributed by atoms with Crippen LogP contribution in [0.3, 0.4) is 0 Å². The number of nitrogens with zero attached hydrogens (tertiary/aromatic N) is 2.